The quantitative estimate of drug-likeness (QED) is 0.605. The van der Waals surface area contributed by atoms with E-state index in [4.69, 9.17) is 5.73 Å². The van der Waals surface area contributed by atoms with Crippen LogP contribution in [0, 0.1) is 0 Å². The highest BCUT2D eigenvalue weighted by atomic mass is 16.2. The largest absolute Gasteiger partial charge is 0.364 e. The molecule has 0 fully saturated rings. The van der Waals surface area contributed by atoms with E-state index in [9.17, 15) is 9.59 Å². The van der Waals surface area contributed by atoms with E-state index < -0.39 is 11.2 Å². The topological polar surface area (TPSA) is 94.9 Å². The molecule has 0 atom stereocenters. The molecular weight excluding hydrogens is 210 g/mol. The number of nitrogens with zero attached hydrogens (tertiary/aromatic N) is 3. The van der Waals surface area contributed by atoms with E-state index in [1.807, 2.05) is 0 Å². The van der Waals surface area contributed by atoms with Gasteiger partial charge in [0, 0.05) is 20.6 Å². The molecule has 7 nitrogen and oxygen atoms in total. The predicted octanol–water partition coefficient (Wildman–Crippen LogP) is -1.37. The van der Waals surface area contributed by atoms with E-state index in [-0.39, 0.29) is 5.82 Å². The van der Waals surface area contributed by atoms with E-state index in [0.717, 1.165) is 22.1 Å². The van der Waals surface area contributed by atoms with Gasteiger partial charge in [-0.2, -0.15) is 0 Å². The number of nitrogens with two attached hydrogens (primary N) is 1. The molecule has 0 aromatic carbocycles. The molecule has 1 aromatic heterocycles. The number of nitrogens with one attached hydrogen (secondary N) is 1. The maximum Gasteiger partial charge on any atom is 0.346 e. The van der Waals surface area contributed by atoms with E-state index in [0.29, 0.717) is 13.1 Å². The first-order valence-corrected chi connectivity index (χ1v) is 5.16. The third-order valence-corrected chi connectivity index (χ3v) is 2.24. The smallest absolute Gasteiger partial charge is 0.346 e. The van der Waals surface area contributed by atoms with Gasteiger partial charge in [-0.25, -0.2) is 9.48 Å². The highest BCUT2D eigenvalue weighted by Crippen LogP contribution is 1.91. The number of hydrogen-bond acceptors (Lipinski definition) is 5. The van der Waals surface area contributed by atoms with Gasteiger partial charge in [-0.05, 0) is 19.4 Å². The third kappa shape index (κ3) is 2.69. The first-order chi connectivity index (χ1) is 7.57. The van der Waals surface area contributed by atoms with Gasteiger partial charge in [0.25, 0.3) is 5.56 Å². The van der Waals surface area contributed by atoms with Crippen LogP contribution in [0.4, 0.5) is 5.82 Å². The fourth-order valence-corrected chi connectivity index (χ4v) is 1.29. The molecule has 0 aliphatic heterocycles. The molecule has 0 spiro atoms. The van der Waals surface area contributed by atoms with Gasteiger partial charge >= 0.3 is 5.69 Å². The SMILES string of the molecule is Cn1nc(NCCCCN)c(=O)n(C)c1=O. The molecule has 1 heterocycles. The maximum atomic E-state index is 11.6. The highest BCUT2D eigenvalue weighted by Gasteiger charge is 2.07. The van der Waals surface area contributed by atoms with E-state index in [2.05, 4.69) is 10.4 Å². The zero-order valence-corrected chi connectivity index (χ0v) is 9.56. The van der Waals surface area contributed by atoms with Crippen molar-refractivity contribution in [3.8, 4) is 0 Å². The Bertz CT molecular complexity index is 462. The Morgan fingerprint density at radius 3 is 2.62 bits per heavy atom. The van der Waals surface area contributed by atoms with Crippen molar-refractivity contribution in [3.05, 3.63) is 20.8 Å². The Balaban J connectivity index is 2.82. The van der Waals surface area contributed by atoms with Crippen molar-refractivity contribution in [1.29, 1.82) is 0 Å². The molecule has 7 heteroatoms. The van der Waals surface area contributed by atoms with Crippen LogP contribution in [0.25, 0.3) is 0 Å². The summed E-state index contributed by atoms with van der Waals surface area (Å²) in [5.41, 5.74) is 4.51. The van der Waals surface area contributed by atoms with Crippen molar-refractivity contribution in [2.24, 2.45) is 19.8 Å². The molecule has 0 bridgehead atoms. The van der Waals surface area contributed by atoms with Gasteiger partial charge in [-0.1, -0.05) is 0 Å². The first-order valence-electron chi connectivity index (χ1n) is 5.16. The molecule has 3 N–H and O–H groups in total. The van der Waals surface area contributed by atoms with Gasteiger partial charge in [0.15, 0.2) is 0 Å². The Labute approximate surface area is 92.9 Å². The van der Waals surface area contributed by atoms with Crippen LogP contribution < -0.4 is 22.3 Å². The second kappa shape index (κ2) is 5.45. The summed E-state index contributed by atoms with van der Waals surface area (Å²) in [5, 5.41) is 6.76. The molecule has 0 aliphatic rings. The second-order valence-corrected chi connectivity index (χ2v) is 3.54. The van der Waals surface area contributed by atoms with Gasteiger partial charge in [-0.15, -0.1) is 5.10 Å². The zero-order valence-electron chi connectivity index (χ0n) is 9.56. The van der Waals surface area contributed by atoms with Crippen LogP contribution in [0.15, 0.2) is 9.59 Å². The molecule has 0 radical (unpaired) electrons. The molecular formula is C9H17N5O2. The van der Waals surface area contributed by atoms with Crippen LogP contribution in [0.2, 0.25) is 0 Å². The third-order valence-electron chi connectivity index (χ3n) is 2.24. The summed E-state index contributed by atoms with van der Waals surface area (Å²) in [6.45, 7) is 1.25. The minimum atomic E-state index is -0.433. The van der Waals surface area contributed by atoms with Crippen LogP contribution >= 0.6 is 0 Å². The Hall–Kier alpha value is -1.63. The minimum Gasteiger partial charge on any atom is -0.364 e. The molecule has 0 unspecified atom stereocenters. The Kier molecular flexibility index (Phi) is 4.24. The second-order valence-electron chi connectivity index (χ2n) is 3.54. The summed E-state index contributed by atoms with van der Waals surface area (Å²) in [7, 11) is 2.93. The van der Waals surface area contributed by atoms with Crippen molar-refractivity contribution in [3.63, 3.8) is 0 Å². The normalized spacial score (nSPS) is 10.4. The van der Waals surface area contributed by atoms with Gasteiger partial charge in [0.1, 0.15) is 0 Å². The lowest BCUT2D eigenvalue weighted by Crippen LogP contribution is -2.40. The average Bonchev–Trinajstić information content (AvgIpc) is 2.28. The van der Waals surface area contributed by atoms with E-state index in [1.165, 1.54) is 14.1 Å². The monoisotopic (exact) mass is 227 g/mol. The van der Waals surface area contributed by atoms with Gasteiger partial charge < -0.3 is 11.1 Å². The summed E-state index contributed by atoms with van der Waals surface area (Å²) in [6.07, 6.45) is 1.75. The molecule has 0 saturated carbocycles. The number of aromatic nitrogens is 3. The van der Waals surface area contributed by atoms with Gasteiger partial charge in [0.2, 0.25) is 5.82 Å². The fraction of sp³-hybridized carbons (Fsp3) is 0.667. The van der Waals surface area contributed by atoms with Gasteiger partial charge in [-0.3, -0.25) is 9.36 Å². The zero-order chi connectivity index (χ0) is 12.1. The molecule has 1 rings (SSSR count). The van der Waals surface area contributed by atoms with E-state index >= 15 is 0 Å². The van der Waals surface area contributed by atoms with Crippen molar-refractivity contribution in [2.45, 2.75) is 12.8 Å². The maximum absolute atomic E-state index is 11.6. The van der Waals surface area contributed by atoms with Crippen LogP contribution in [-0.4, -0.2) is 27.4 Å². The number of aryl methyl sites for hydroxylation is 1. The Morgan fingerprint density at radius 2 is 2.00 bits per heavy atom. The summed E-state index contributed by atoms with van der Waals surface area (Å²) in [5.74, 6) is 0.196. The molecule has 1 aromatic rings. The van der Waals surface area contributed by atoms with Crippen LogP contribution in [-0.2, 0) is 14.1 Å². The van der Waals surface area contributed by atoms with E-state index in [1.54, 1.807) is 0 Å². The lowest BCUT2D eigenvalue weighted by molar-refractivity contribution is 0.603. The number of rotatable bonds is 5. The standard InChI is InChI=1S/C9H17N5O2/c1-13-8(15)7(11-6-4-3-5-10)12-14(2)9(13)16/h3-6,10H2,1-2H3,(H,11,12). The van der Waals surface area contributed by atoms with Crippen LogP contribution in [0.3, 0.4) is 0 Å². The first kappa shape index (κ1) is 12.4. The molecule has 0 amide bonds. The number of anilines is 1. The minimum absolute atomic E-state index is 0.196. The fourth-order valence-electron chi connectivity index (χ4n) is 1.29. The lowest BCUT2D eigenvalue weighted by Gasteiger charge is -2.07. The molecule has 0 aliphatic carbocycles. The molecule has 90 valence electrons. The van der Waals surface area contributed by atoms with Gasteiger partial charge in [0.05, 0.1) is 0 Å². The summed E-state index contributed by atoms with van der Waals surface area (Å²) >= 11 is 0. The molecule has 0 saturated heterocycles. The number of hydrogen-bond donors (Lipinski definition) is 2. The highest BCUT2D eigenvalue weighted by molar-refractivity contribution is 5.29. The van der Waals surface area contributed by atoms with Crippen molar-refractivity contribution >= 4 is 5.82 Å². The average molecular weight is 227 g/mol. The van der Waals surface area contributed by atoms with Crippen molar-refractivity contribution in [2.75, 3.05) is 18.4 Å². The molecule has 16 heavy (non-hydrogen) atoms. The lowest BCUT2D eigenvalue weighted by atomic mass is 10.3. The number of unbranched alkanes of at least 4 members (excludes halogenated alkanes) is 1. The van der Waals surface area contributed by atoms with Crippen molar-refractivity contribution in [1.82, 2.24) is 14.3 Å². The van der Waals surface area contributed by atoms with Crippen molar-refractivity contribution < 1.29 is 0 Å². The van der Waals surface area contributed by atoms with Crippen LogP contribution in [0.5, 0.6) is 0 Å². The summed E-state index contributed by atoms with van der Waals surface area (Å²) in [4.78, 5) is 22.9. The predicted molar refractivity (Wildman–Crippen MR) is 61.5 cm³/mol. The summed E-state index contributed by atoms with van der Waals surface area (Å²) in [6, 6.07) is 0. The Morgan fingerprint density at radius 1 is 1.31 bits per heavy atom. The van der Waals surface area contributed by atoms with Crippen LogP contribution in [0.1, 0.15) is 12.8 Å². The summed E-state index contributed by atoms with van der Waals surface area (Å²) < 4.78 is 2.16.